The second-order valence-electron chi connectivity index (χ2n) is 4.97. The lowest BCUT2D eigenvalue weighted by atomic mass is 10.2. The SMILES string of the molecule is O=C(O)CCCCCN1C(=O)C=CC1=O.O=C1CCC(=O)N1O. The third kappa shape index (κ3) is 5.99. The Labute approximate surface area is 132 Å². The first-order chi connectivity index (χ1) is 10.8. The molecule has 0 saturated carbocycles. The largest absolute Gasteiger partial charge is 0.481 e. The Morgan fingerprint density at radius 1 is 0.957 bits per heavy atom. The van der Waals surface area contributed by atoms with Crippen LogP contribution in [0.5, 0.6) is 0 Å². The minimum absolute atomic E-state index is 0.139. The summed E-state index contributed by atoms with van der Waals surface area (Å²) < 4.78 is 0. The maximum absolute atomic E-state index is 11.1. The number of hydroxylamine groups is 2. The molecule has 1 saturated heterocycles. The van der Waals surface area contributed by atoms with Gasteiger partial charge in [-0.2, -0.15) is 5.06 Å². The fourth-order valence-electron chi connectivity index (χ4n) is 1.94. The first-order valence-electron chi connectivity index (χ1n) is 7.13. The van der Waals surface area contributed by atoms with E-state index >= 15 is 0 Å². The normalized spacial score (nSPS) is 16.9. The number of unbranched alkanes of at least 4 members (excludes halogenated alkanes) is 2. The molecule has 0 aromatic carbocycles. The predicted octanol–water partition coefficient (Wildman–Crippen LogP) is 0.0810. The Morgan fingerprint density at radius 2 is 1.48 bits per heavy atom. The van der Waals surface area contributed by atoms with Gasteiger partial charge in [-0.25, -0.2) is 0 Å². The molecule has 23 heavy (non-hydrogen) atoms. The molecule has 0 aromatic heterocycles. The zero-order chi connectivity index (χ0) is 17.4. The van der Waals surface area contributed by atoms with E-state index in [9.17, 15) is 24.0 Å². The number of hydrogen-bond acceptors (Lipinski definition) is 6. The quantitative estimate of drug-likeness (QED) is 0.401. The number of hydrogen-bond donors (Lipinski definition) is 2. The van der Waals surface area contributed by atoms with Gasteiger partial charge >= 0.3 is 5.97 Å². The number of aliphatic carboxylic acids is 1. The van der Waals surface area contributed by atoms with Crippen molar-refractivity contribution in [3.05, 3.63) is 12.2 Å². The van der Waals surface area contributed by atoms with E-state index in [2.05, 4.69) is 0 Å². The van der Waals surface area contributed by atoms with E-state index in [1.165, 1.54) is 17.1 Å². The van der Waals surface area contributed by atoms with Gasteiger partial charge < -0.3 is 5.11 Å². The van der Waals surface area contributed by atoms with E-state index in [4.69, 9.17) is 10.3 Å². The van der Waals surface area contributed by atoms with Gasteiger partial charge in [-0.05, 0) is 12.8 Å². The summed E-state index contributed by atoms with van der Waals surface area (Å²) in [5, 5.41) is 16.9. The molecule has 2 aliphatic heterocycles. The molecule has 126 valence electrons. The van der Waals surface area contributed by atoms with Gasteiger partial charge in [-0.15, -0.1) is 0 Å². The van der Waals surface area contributed by atoms with Crippen LogP contribution in [0.25, 0.3) is 0 Å². The van der Waals surface area contributed by atoms with E-state index < -0.39 is 17.8 Å². The summed E-state index contributed by atoms with van der Waals surface area (Å²) in [5.74, 6) is -2.38. The maximum Gasteiger partial charge on any atom is 0.303 e. The number of imide groups is 2. The second-order valence-corrected chi connectivity index (χ2v) is 4.97. The number of nitrogens with zero attached hydrogens (tertiary/aromatic N) is 2. The van der Waals surface area contributed by atoms with Gasteiger partial charge in [-0.3, -0.25) is 34.1 Å². The van der Waals surface area contributed by atoms with Crippen molar-refractivity contribution in [2.45, 2.75) is 38.5 Å². The molecule has 0 bridgehead atoms. The minimum atomic E-state index is -0.815. The number of carbonyl (C=O) groups excluding carboxylic acids is 4. The molecular formula is C14H18N2O7. The lowest BCUT2D eigenvalue weighted by Gasteiger charge is -2.12. The monoisotopic (exact) mass is 326 g/mol. The summed E-state index contributed by atoms with van der Waals surface area (Å²) in [4.78, 5) is 54.0. The van der Waals surface area contributed by atoms with Crippen molar-refractivity contribution < 1.29 is 34.3 Å². The van der Waals surface area contributed by atoms with E-state index in [1.54, 1.807) is 0 Å². The third-order valence-corrected chi connectivity index (χ3v) is 3.20. The van der Waals surface area contributed by atoms with Crippen LogP contribution >= 0.6 is 0 Å². The number of amides is 4. The van der Waals surface area contributed by atoms with Crippen molar-refractivity contribution in [3.8, 4) is 0 Å². The molecule has 0 atom stereocenters. The summed E-state index contributed by atoms with van der Waals surface area (Å²) in [6, 6.07) is 0. The molecular weight excluding hydrogens is 308 g/mol. The molecule has 0 aliphatic carbocycles. The van der Waals surface area contributed by atoms with Crippen molar-refractivity contribution >= 4 is 29.6 Å². The lowest BCUT2D eigenvalue weighted by molar-refractivity contribution is -0.171. The van der Waals surface area contributed by atoms with Gasteiger partial charge in [0.15, 0.2) is 0 Å². The van der Waals surface area contributed by atoms with E-state index in [0.29, 0.717) is 25.8 Å². The van der Waals surface area contributed by atoms with Gasteiger partial charge in [0.05, 0.1) is 0 Å². The molecule has 2 rings (SSSR count). The number of carboxylic acid groups (broad SMARTS) is 1. The first-order valence-corrected chi connectivity index (χ1v) is 7.13. The molecule has 0 radical (unpaired) electrons. The summed E-state index contributed by atoms with van der Waals surface area (Å²) >= 11 is 0. The Morgan fingerprint density at radius 3 is 1.87 bits per heavy atom. The molecule has 9 nitrogen and oxygen atoms in total. The molecule has 0 spiro atoms. The summed E-state index contributed by atoms with van der Waals surface area (Å²) in [6.45, 7) is 0.379. The Balaban J connectivity index is 0.000000277. The Bertz CT molecular complexity index is 507. The van der Waals surface area contributed by atoms with Gasteiger partial charge in [0.25, 0.3) is 23.6 Å². The summed E-state index contributed by atoms with van der Waals surface area (Å²) in [6.07, 6.45) is 4.89. The number of carboxylic acids is 1. The molecule has 2 heterocycles. The van der Waals surface area contributed by atoms with Gasteiger partial charge in [0, 0.05) is 38.0 Å². The fourth-order valence-corrected chi connectivity index (χ4v) is 1.94. The molecule has 2 N–H and O–H groups in total. The van der Waals surface area contributed by atoms with Gasteiger partial charge in [0.1, 0.15) is 0 Å². The van der Waals surface area contributed by atoms with E-state index in [0.717, 1.165) is 0 Å². The Hall–Kier alpha value is -2.55. The van der Waals surface area contributed by atoms with Gasteiger partial charge in [-0.1, -0.05) is 6.42 Å². The zero-order valence-corrected chi connectivity index (χ0v) is 12.4. The Kier molecular flexibility index (Phi) is 7.07. The molecule has 0 aromatic rings. The van der Waals surface area contributed by atoms with Crippen LogP contribution in [-0.2, 0) is 24.0 Å². The van der Waals surface area contributed by atoms with E-state index in [-0.39, 0.29) is 36.1 Å². The maximum atomic E-state index is 11.1. The average molecular weight is 326 g/mol. The molecule has 9 heteroatoms. The predicted molar refractivity (Wildman–Crippen MR) is 74.8 cm³/mol. The van der Waals surface area contributed by atoms with Crippen LogP contribution in [-0.4, -0.2) is 56.4 Å². The molecule has 0 unspecified atom stereocenters. The summed E-state index contributed by atoms with van der Waals surface area (Å²) in [7, 11) is 0. The highest BCUT2D eigenvalue weighted by molar-refractivity contribution is 6.12. The van der Waals surface area contributed by atoms with Crippen molar-refractivity contribution in [2.24, 2.45) is 0 Å². The van der Waals surface area contributed by atoms with Gasteiger partial charge in [0.2, 0.25) is 0 Å². The van der Waals surface area contributed by atoms with Crippen LogP contribution in [0.15, 0.2) is 12.2 Å². The average Bonchev–Trinajstić information content (AvgIpc) is 2.97. The lowest BCUT2D eigenvalue weighted by Crippen LogP contribution is -2.30. The standard InChI is InChI=1S/C10H13NO4.C4H5NO3/c12-8-5-6-9(13)11(8)7-3-1-2-4-10(14)15;6-3-1-2-4(7)5(3)8/h5-6H,1-4,7H2,(H,14,15);8H,1-2H2. The second kappa shape index (κ2) is 8.79. The first kappa shape index (κ1) is 18.5. The van der Waals surface area contributed by atoms with Crippen molar-refractivity contribution in [1.29, 1.82) is 0 Å². The number of carbonyl (C=O) groups is 5. The third-order valence-electron chi connectivity index (χ3n) is 3.20. The zero-order valence-electron chi connectivity index (χ0n) is 12.4. The van der Waals surface area contributed by atoms with Crippen molar-refractivity contribution in [1.82, 2.24) is 9.96 Å². The highest BCUT2D eigenvalue weighted by Gasteiger charge is 2.26. The smallest absolute Gasteiger partial charge is 0.303 e. The van der Waals surface area contributed by atoms with Crippen molar-refractivity contribution in [3.63, 3.8) is 0 Å². The summed E-state index contributed by atoms with van der Waals surface area (Å²) in [5.41, 5.74) is 0. The minimum Gasteiger partial charge on any atom is -0.481 e. The highest BCUT2D eigenvalue weighted by atomic mass is 16.5. The van der Waals surface area contributed by atoms with Crippen molar-refractivity contribution in [2.75, 3.05) is 6.54 Å². The van der Waals surface area contributed by atoms with Crippen LogP contribution in [0.1, 0.15) is 38.5 Å². The van der Waals surface area contributed by atoms with Crippen LogP contribution in [0, 0.1) is 0 Å². The highest BCUT2D eigenvalue weighted by Crippen LogP contribution is 2.08. The van der Waals surface area contributed by atoms with Crippen LogP contribution in [0.2, 0.25) is 0 Å². The number of rotatable bonds is 6. The molecule has 4 amide bonds. The van der Waals surface area contributed by atoms with E-state index in [1.807, 2.05) is 0 Å². The van der Waals surface area contributed by atoms with Crippen LogP contribution < -0.4 is 0 Å². The molecule has 2 aliphatic rings. The van der Waals surface area contributed by atoms with Crippen LogP contribution in [0.4, 0.5) is 0 Å². The van der Waals surface area contributed by atoms with Crippen LogP contribution in [0.3, 0.4) is 0 Å². The fraction of sp³-hybridized carbons (Fsp3) is 0.500. The topological polar surface area (TPSA) is 132 Å². The molecule has 1 fully saturated rings.